The number of nitrogens with one attached hydrogen (secondary N) is 1. The van der Waals surface area contributed by atoms with Crippen LogP contribution in [0.2, 0.25) is 0 Å². The minimum atomic E-state index is -1.77. The summed E-state index contributed by atoms with van der Waals surface area (Å²) in [7, 11) is 0. The van der Waals surface area contributed by atoms with E-state index in [1.54, 1.807) is 49.4 Å². The van der Waals surface area contributed by atoms with E-state index < -0.39 is 17.4 Å². The Balaban J connectivity index is 1.83. The van der Waals surface area contributed by atoms with Gasteiger partial charge in [-0.2, -0.15) is 0 Å². The Morgan fingerprint density at radius 1 is 1.14 bits per heavy atom. The number of carbonyl (C=O) groups is 2. The van der Waals surface area contributed by atoms with E-state index in [1.807, 2.05) is 35.7 Å². The Morgan fingerprint density at radius 3 is 2.38 bits per heavy atom. The predicted octanol–water partition coefficient (Wildman–Crippen LogP) is 2.25. The van der Waals surface area contributed by atoms with E-state index in [4.69, 9.17) is 5.73 Å². The standard InChI is InChI=1S/C22H23AsN2O3S/c1-13(2)22(28,21(24)27)16-8-5-14(6-9-16)20(26)25-18-12-15(7-10-17(18)23)19-4-3-11-29-19/h3-13,28H,23H2,1-2H3,(H2,24,27)(H,25,26). The number of hydrogen-bond acceptors (Lipinski definition) is 4. The van der Waals surface area contributed by atoms with Gasteiger partial charge in [-0.05, 0) is 0 Å². The van der Waals surface area contributed by atoms with Crippen molar-refractivity contribution in [1.29, 1.82) is 0 Å². The van der Waals surface area contributed by atoms with E-state index in [-0.39, 0.29) is 5.91 Å². The molecule has 1 aromatic heterocycles. The molecule has 0 saturated heterocycles. The average Bonchev–Trinajstić information content (AvgIpc) is 3.23. The molecule has 0 saturated carbocycles. The monoisotopic (exact) mass is 470 g/mol. The molecule has 4 N–H and O–H groups in total. The van der Waals surface area contributed by atoms with Crippen molar-refractivity contribution in [3.63, 3.8) is 0 Å². The van der Waals surface area contributed by atoms with Crippen molar-refractivity contribution in [2.75, 3.05) is 5.32 Å². The van der Waals surface area contributed by atoms with E-state index in [1.165, 1.54) is 16.9 Å². The van der Waals surface area contributed by atoms with Gasteiger partial charge >= 0.3 is 183 Å². The van der Waals surface area contributed by atoms with Crippen molar-refractivity contribution in [3.05, 3.63) is 71.1 Å². The predicted molar refractivity (Wildman–Crippen MR) is 120 cm³/mol. The molecule has 0 bridgehead atoms. The summed E-state index contributed by atoms with van der Waals surface area (Å²) in [6, 6.07) is 16.4. The molecule has 0 aliphatic rings. The first-order valence-electron chi connectivity index (χ1n) is 9.11. The van der Waals surface area contributed by atoms with Gasteiger partial charge in [0.1, 0.15) is 0 Å². The van der Waals surface area contributed by atoms with Crippen LogP contribution in [-0.2, 0) is 10.4 Å². The quantitative estimate of drug-likeness (QED) is 0.483. The molecule has 7 heteroatoms. The van der Waals surface area contributed by atoms with Crippen LogP contribution in [0.4, 0.5) is 5.69 Å². The van der Waals surface area contributed by atoms with Gasteiger partial charge in [0.25, 0.3) is 0 Å². The van der Waals surface area contributed by atoms with Crippen molar-refractivity contribution in [1.82, 2.24) is 0 Å². The van der Waals surface area contributed by atoms with Gasteiger partial charge in [0.2, 0.25) is 0 Å². The summed E-state index contributed by atoms with van der Waals surface area (Å²) >= 11 is 3.07. The molecule has 0 fully saturated rings. The third kappa shape index (κ3) is 4.30. The number of amides is 2. The zero-order chi connectivity index (χ0) is 21.2. The number of primary amides is 1. The van der Waals surface area contributed by atoms with Gasteiger partial charge in [0.05, 0.1) is 0 Å². The third-order valence-electron chi connectivity index (χ3n) is 4.91. The number of thiophene rings is 1. The zero-order valence-electron chi connectivity index (χ0n) is 16.2. The SMILES string of the molecule is CC(C)C(O)(C(N)=O)c1ccc(C(=O)Nc2cc(-c3cccs3)ccc2[AsH2])cc1. The molecule has 1 heterocycles. The summed E-state index contributed by atoms with van der Waals surface area (Å²) in [5.41, 5.74) is 6.25. The first-order chi connectivity index (χ1) is 13.7. The van der Waals surface area contributed by atoms with E-state index in [0.717, 1.165) is 20.5 Å². The van der Waals surface area contributed by atoms with Crippen molar-refractivity contribution in [2.24, 2.45) is 11.7 Å². The van der Waals surface area contributed by atoms with Crippen LogP contribution in [0.15, 0.2) is 60.0 Å². The van der Waals surface area contributed by atoms with Crippen LogP contribution in [0.3, 0.4) is 0 Å². The van der Waals surface area contributed by atoms with Crippen LogP contribution in [0, 0.1) is 5.92 Å². The van der Waals surface area contributed by atoms with Crippen molar-refractivity contribution < 1.29 is 14.7 Å². The number of anilines is 1. The molecule has 0 aliphatic heterocycles. The molecule has 3 aromatic rings. The summed E-state index contributed by atoms with van der Waals surface area (Å²) in [4.78, 5) is 25.7. The molecule has 3 rings (SSSR count). The molecule has 29 heavy (non-hydrogen) atoms. The van der Waals surface area contributed by atoms with Crippen LogP contribution >= 0.6 is 11.3 Å². The Bertz CT molecular complexity index is 1030. The second-order valence-corrected chi connectivity index (χ2v) is 9.35. The van der Waals surface area contributed by atoms with Crippen LogP contribution in [0.1, 0.15) is 29.8 Å². The Kier molecular flexibility index (Phi) is 6.27. The molecule has 0 spiro atoms. The summed E-state index contributed by atoms with van der Waals surface area (Å²) < 4.78 is 1.02. The Hall–Kier alpha value is -2.40. The second-order valence-electron chi connectivity index (χ2n) is 7.10. The van der Waals surface area contributed by atoms with Crippen LogP contribution in [-0.4, -0.2) is 33.8 Å². The fourth-order valence-corrected chi connectivity index (χ4v) is 4.34. The van der Waals surface area contributed by atoms with Gasteiger partial charge in [-0.15, -0.1) is 0 Å². The minimum absolute atomic E-state index is 0.258. The Morgan fingerprint density at radius 2 is 1.83 bits per heavy atom. The topological polar surface area (TPSA) is 92.4 Å². The van der Waals surface area contributed by atoms with Crippen molar-refractivity contribution >= 4 is 50.0 Å². The van der Waals surface area contributed by atoms with Crippen LogP contribution in [0.5, 0.6) is 0 Å². The van der Waals surface area contributed by atoms with Gasteiger partial charge < -0.3 is 0 Å². The number of carbonyl (C=O) groups excluding carboxylic acids is 2. The molecule has 5 nitrogen and oxygen atoms in total. The van der Waals surface area contributed by atoms with E-state index >= 15 is 0 Å². The number of hydrogen-bond donors (Lipinski definition) is 3. The van der Waals surface area contributed by atoms with Crippen LogP contribution < -0.4 is 15.4 Å². The molecule has 2 unspecified atom stereocenters. The molecule has 150 valence electrons. The van der Waals surface area contributed by atoms with Crippen molar-refractivity contribution in [2.45, 2.75) is 19.4 Å². The number of aliphatic hydroxyl groups is 1. The number of rotatable bonds is 6. The molecular weight excluding hydrogens is 447 g/mol. The Labute approximate surface area is 182 Å². The maximum atomic E-state index is 12.7. The fourth-order valence-electron chi connectivity index (χ4n) is 3.09. The summed E-state index contributed by atoms with van der Waals surface area (Å²) in [6.07, 6.45) is 0. The van der Waals surface area contributed by atoms with Gasteiger partial charge in [0, 0.05) is 0 Å². The number of nitrogens with two attached hydrogens (primary N) is 1. The summed E-state index contributed by atoms with van der Waals surface area (Å²) in [5.74, 6) is -1.47. The second kappa shape index (κ2) is 8.54. The molecule has 0 aliphatic carbocycles. The maximum absolute atomic E-state index is 12.7. The van der Waals surface area contributed by atoms with Crippen molar-refractivity contribution in [3.8, 4) is 10.4 Å². The fraction of sp³-hybridized carbons (Fsp3) is 0.182. The average molecular weight is 470 g/mol. The van der Waals surface area contributed by atoms with Gasteiger partial charge in [-0.25, -0.2) is 0 Å². The third-order valence-corrected chi connectivity index (χ3v) is 6.88. The molecule has 2 amide bonds. The first kappa shape index (κ1) is 21.3. The normalized spacial score (nSPS) is 13.1. The van der Waals surface area contributed by atoms with E-state index in [2.05, 4.69) is 5.32 Å². The van der Waals surface area contributed by atoms with E-state index in [9.17, 15) is 14.7 Å². The van der Waals surface area contributed by atoms with E-state index in [0.29, 0.717) is 11.1 Å². The number of benzene rings is 2. The first-order valence-corrected chi connectivity index (χ1v) is 11.2. The zero-order valence-corrected chi connectivity index (χ0v) is 19.4. The molecule has 2 atom stereocenters. The van der Waals surface area contributed by atoms with Gasteiger partial charge in [-0.3, -0.25) is 0 Å². The summed E-state index contributed by atoms with van der Waals surface area (Å²) in [6.45, 7) is 3.44. The molecular formula is C22H23AsN2O3S. The van der Waals surface area contributed by atoms with Gasteiger partial charge in [0.15, 0.2) is 0 Å². The summed E-state index contributed by atoms with van der Waals surface area (Å²) in [5, 5.41) is 15.7. The molecule has 0 radical (unpaired) electrons. The van der Waals surface area contributed by atoms with Gasteiger partial charge in [-0.1, -0.05) is 0 Å². The van der Waals surface area contributed by atoms with Crippen LogP contribution in [0.25, 0.3) is 10.4 Å². The molecule has 2 aromatic carbocycles.